The molecule has 0 aromatic heterocycles. The molecule has 168 valence electrons. The van der Waals surface area contributed by atoms with Crippen molar-refractivity contribution in [1.82, 2.24) is 0 Å². The van der Waals surface area contributed by atoms with Crippen molar-refractivity contribution in [2.24, 2.45) is 17.8 Å². The number of alkyl halides is 3. The standard InChI is InChI=1S/C24H27F3O4/c25-24(26,27)17-6-3-4-15(12-17)13-18(28)8-9-20-21-14-16(5-1-2-7-23(30)31)19(21)10-11-22(20)29/h3-6,12,18-22,28-29H,1-2,7,10-11,13-14H2,(H,30,31)/t18?,19-,20-,21+,22-/m0/s1. The molecule has 2 aliphatic rings. The van der Waals surface area contributed by atoms with Gasteiger partial charge in [0, 0.05) is 12.8 Å². The highest BCUT2D eigenvalue weighted by atomic mass is 19.4. The molecular weight excluding hydrogens is 409 g/mol. The van der Waals surface area contributed by atoms with Crippen LogP contribution in [0.4, 0.5) is 13.2 Å². The minimum Gasteiger partial charge on any atom is -0.481 e. The number of carboxylic acid groups (broad SMARTS) is 1. The minimum absolute atomic E-state index is 0.0113. The van der Waals surface area contributed by atoms with Crippen LogP contribution in [0.5, 0.6) is 0 Å². The molecule has 4 nitrogen and oxygen atoms in total. The number of fused-ring (bicyclic) bond motifs is 1. The van der Waals surface area contributed by atoms with Crippen molar-refractivity contribution in [2.75, 3.05) is 0 Å². The van der Waals surface area contributed by atoms with E-state index in [1.54, 1.807) is 0 Å². The van der Waals surface area contributed by atoms with Gasteiger partial charge in [-0.2, -0.15) is 13.2 Å². The van der Waals surface area contributed by atoms with Crippen molar-refractivity contribution in [3.63, 3.8) is 0 Å². The number of unbranched alkanes of at least 4 members (excludes halogenated alkanes) is 1. The SMILES string of the molecule is O=C(O)CCCC=C1C[C@H]2[C@H](C#CC(O)Cc3cccc(C(F)(F)F)c3)[C@@H](O)CC[C@@H]12. The smallest absolute Gasteiger partial charge is 0.416 e. The zero-order valence-corrected chi connectivity index (χ0v) is 17.1. The van der Waals surface area contributed by atoms with Crippen LogP contribution in [0.3, 0.4) is 0 Å². The van der Waals surface area contributed by atoms with Gasteiger partial charge in [-0.05, 0) is 55.6 Å². The molecule has 0 amide bonds. The average molecular weight is 436 g/mol. The molecule has 0 saturated heterocycles. The zero-order valence-electron chi connectivity index (χ0n) is 17.1. The molecule has 0 heterocycles. The average Bonchev–Trinajstić information content (AvgIpc) is 2.67. The van der Waals surface area contributed by atoms with Gasteiger partial charge in [-0.1, -0.05) is 41.7 Å². The van der Waals surface area contributed by atoms with Crippen LogP contribution < -0.4 is 0 Å². The van der Waals surface area contributed by atoms with Crippen molar-refractivity contribution in [3.05, 3.63) is 47.0 Å². The summed E-state index contributed by atoms with van der Waals surface area (Å²) in [5, 5.41) is 29.3. The molecular formula is C24H27F3O4. The molecule has 0 bridgehead atoms. The highest BCUT2D eigenvalue weighted by Crippen LogP contribution is 2.51. The molecule has 2 fully saturated rings. The first kappa shape index (κ1) is 23.4. The number of benzene rings is 1. The molecule has 0 aliphatic heterocycles. The maximum Gasteiger partial charge on any atom is 0.416 e. The molecule has 1 unspecified atom stereocenters. The maximum atomic E-state index is 12.8. The van der Waals surface area contributed by atoms with E-state index in [1.165, 1.54) is 17.7 Å². The van der Waals surface area contributed by atoms with E-state index < -0.39 is 29.9 Å². The van der Waals surface area contributed by atoms with Crippen LogP contribution in [0.25, 0.3) is 0 Å². The lowest BCUT2D eigenvalue weighted by molar-refractivity contribution is -0.138. The second kappa shape index (κ2) is 9.88. The van der Waals surface area contributed by atoms with Crippen LogP contribution in [0.15, 0.2) is 35.9 Å². The third-order valence-corrected chi connectivity index (χ3v) is 6.22. The van der Waals surface area contributed by atoms with E-state index in [0.717, 1.165) is 31.4 Å². The van der Waals surface area contributed by atoms with E-state index in [2.05, 4.69) is 17.9 Å². The van der Waals surface area contributed by atoms with Crippen molar-refractivity contribution < 1.29 is 33.3 Å². The van der Waals surface area contributed by atoms with Crippen LogP contribution >= 0.6 is 0 Å². The van der Waals surface area contributed by atoms with Gasteiger partial charge < -0.3 is 15.3 Å². The summed E-state index contributed by atoms with van der Waals surface area (Å²) in [4.78, 5) is 10.6. The van der Waals surface area contributed by atoms with Gasteiger partial charge in [0.2, 0.25) is 0 Å². The first-order chi connectivity index (χ1) is 14.6. The number of allylic oxidation sites excluding steroid dienone is 2. The summed E-state index contributed by atoms with van der Waals surface area (Å²) in [5.74, 6) is 5.18. The predicted molar refractivity (Wildman–Crippen MR) is 109 cm³/mol. The van der Waals surface area contributed by atoms with Gasteiger partial charge >= 0.3 is 12.1 Å². The van der Waals surface area contributed by atoms with E-state index in [1.807, 2.05) is 0 Å². The molecule has 2 aliphatic carbocycles. The Kier molecular flexibility index (Phi) is 7.45. The molecule has 3 rings (SSSR count). The van der Waals surface area contributed by atoms with Crippen molar-refractivity contribution in [2.45, 2.75) is 63.3 Å². The largest absolute Gasteiger partial charge is 0.481 e. The quantitative estimate of drug-likeness (QED) is 0.355. The third-order valence-electron chi connectivity index (χ3n) is 6.22. The van der Waals surface area contributed by atoms with Gasteiger partial charge in [0.25, 0.3) is 0 Å². The monoisotopic (exact) mass is 436 g/mol. The molecule has 1 aromatic rings. The zero-order chi connectivity index (χ0) is 22.6. The number of carboxylic acids is 1. The van der Waals surface area contributed by atoms with Crippen molar-refractivity contribution in [3.8, 4) is 11.8 Å². The second-order valence-electron chi connectivity index (χ2n) is 8.42. The molecule has 31 heavy (non-hydrogen) atoms. The van der Waals surface area contributed by atoms with Crippen molar-refractivity contribution >= 4 is 5.97 Å². The molecule has 7 heteroatoms. The maximum absolute atomic E-state index is 12.8. The Labute approximate surface area is 179 Å². The van der Waals surface area contributed by atoms with Crippen LogP contribution in [0, 0.1) is 29.6 Å². The highest BCUT2D eigenvalue weighted by Gasteiger charge is 2.46. The second-order valence-corrected chi connectivity index (χ2v) is 8.42. The highest BCUT2D eigenvalue weighted by molar-refractivity contribution is 5.66. The fourth-order valence-corrected chi connectivity index (χ4v) is 4.59. The van der Waals surface area contributed by atoms with E-state index in [4.69, 9.17) is 5.11 Å². The topological polar surface area (TPSA) is 77.8 Å². The van der Waals surface area contributed by atoms with Crippen LogP contribution in [-0.2, 0) is 17.4 Å². The van der Waals surface area contributed by atoms with Gasteiger partial charge in [-0.3, -0.25) is 4.79 Å². The van der Waals surface area contributed by atoms with Gasteiger partial charge in [-0.25, -0.2) is 0 Å². The number of aliphatic hydroxyl groups excluding tert-OH is 2. The lowest BCUT2D eigenvalue weighted by atomic mass is 9.57. The molecule has 0 radical (unpaired) electrons. The molecule has 3 N–H and O–H groups in total. The van der Waals surface area contributed by atoms with Crippen LogP contribution in [-0.4, -0.2) is 33.5 Å². The first-order valence-electron chi connectivity index (χ1n) is 10.6. The van der Waals surface area contributed by atoms with Gasteiger partial charge in [0.1, 0.15) is 6.10 Å². The van der Waals surface area contributed by atoms with Crippen LogP contribution in [0.2, 0.25) is 0 Å². The van der Waals surface area contributed by atoms with Gasteiger partial charge in [0.05, 0.1) is 17.6 Å². The molecule has 5 atom stereocenters. The number of aliphatic carboxylic acids is 1. The summed E-state index contributed by atoms with van der Waals surface area (Å²) in [7, 11) is 0. The fourth-order valence-electron chi connectivity index (χ4n) is 4.59. The fraction of sp³-hybridized carbons (Fsp3) is 0.542. The minimum atomic E-state index is -4.43. The number of hydrogen-bond acceptors (Lipinski definition) is 3. The summed E-state index contributed by atoms with van der Waals surface area (Å²) in [6, 6.07) is 4.85. The predicted octanol–water partition coefficient (Wildman–Crippen LogP) is 4.20. The Morgan fingerprint density at radius 1 is 1.29 bits per heavy atom. The Bertz CT molecular complexity index is 881. The number of carbonyl (C=O) groups is 1. The van der Waals surface area contributed by atoms with Crippen LogP contribution in [0.1, 0.15) is 49.7 Å². The normalized spacial score (nSPS) is 27.6. The third kappa shape index (κ3) is 6.11. The van der Waals surface area contributed by atoms with Gasteiger partial charge in [-0.15, -0.1) is 0 Å². The number of rotatable bonds is 6. The number of aliphatic hydroxyl groups is 2. The molecule has 1 aromatic carbocycles. The van der Waals surface area contributed by atoms with E-state index >= 15 is 0 Å². The summed E-state index contributed by atoms with van der Waals surface area (Å²) in [5.41, 5.74) is 0.889. The lowest BCUT2D eigenvalue weighted by Gasteiger charge is -2.48. The summed E-state index contributed by atoms with van der Waals surface area (Å²) < 4.78 is 38.5. The molecule has 2 saturated carbocycles. The summed E-state index contributed by atoms with van der Waals surface area (Å²) >= 11 is 0. The summed E-state index contributed by atoms with van der Waals surface area (Å²) in [6.07, 6.45) is -0.285. The van der Waals surface area contributed by atoms with E-state index in [9.17, 15) is 28.2 Å². The van der Waals surface area contributed by atoms with E-state index in [-0.39, 0.29) is 24.7 Å². The Balaban J connectivity index is 1.59. The van der Waals surface area contributed by atoms with Gasteiger partial charge in [0.15, 0.2) is 0 Å². The summed E-state index contributed by atoms with van der Waals surface area (Å²) in [6.45, 7) is 0. The Morgan fingerprint density at radius 2 is 2.06 bits per heavy atom. The Hall–Kier alpha value is -2.30. The first-order valence-corrected chi connectivity index (χ1v) is 10.6. The van der Waals surface area contributed by atoms with Crippen molar-refractivity contribution in [1.29, 1.82) is 0 Å². The number of hydrogen-bond donors (Lipinski definition) is 3. The lowest BCUT2D eigenvalue weighted by Crippen LogP contribution is -2.44. The number of halogens is 3. The van der Waals surface area contributed by atoms with E-state index in [0.29, 0.717) is 24.3 Å². The Morgan fingerprint density at radius 3 is 2.77 bits per heavy atom. The molecule has 0 spiro atoms.